The maximum Gasteiger partial charge on any atom is 0.240 e. The first-order valence-corrected chi connectivity index (χ1v) is 8.30. The Bertz CT molecular complexity index is 367. The van der Waals surface area contributed by atoms with Crippen LogP contribution in [0.3, 0.4) is 0 Å². The number of hydrogen-bond acceptors (Lipinski definition) is 4. The topological polar surface area (TPSA) is 52.7 Å². The largest absolute Gasteiger partial charge is 0.341 e. The number of nitrogens with one attached hydrogen (secondary N) is 1. The molecule has 1 atom stereocenters. The van der Waals surface area contributed by atoms with Crippen molar-refractivity contribution >= 4 is 23.6 Å². The molecule has 2 heterocycles. The lowest BCUT2D eigenvalue weighted by atomic mass is 10.2. The summed E-state index contributed by atoms with van der Waals surface area (Å²) >= 11 is 1.77. The van der Waals surface area contributed by atoms with Gasteiger partial charge < -0.3 is 9.80 Å². The second-order valence-electron chi connectivity index (χ2n) is 5.55. The minimum atomic E-state index is -0.0179. The van der Waals surface area contributed by atoms with Crippen LogP contribution in [0.1, 0.15) is 19.3 Å². The van der Waals surface area contributed by atoms with Crippen molar-refractivity contribution in [3.05, 3.63) is 0 Å². The Labute approximate surface area is 118 Å². The highest BCUT2D eigenvalue weighted by atomic mass is 32.2. The third-order valence-corrected chi connectivity index (χ3v) is 5.00. The van der Waals surface area contributed by atoms with Gasteiger partial charge in [0.15, 0.2) is 0 Å². The molecule has 0 aromatic rings. The van der Waals surface area contributed by atoms with E-state index in [2.05, 4.69) is 5.32 Å². The number of thioether (sulfide) groups is 1. The molecule has 2 amide bonds. The van der Waals surface area contributed by atoms with Crippen molar-refractivity contribution in [2.75, 3.05) is 37.8 Å². The lowest BCUT2D eigenvalue weighted by molar-refractivity contribution is -0.134. The molecule has 2 saturated heterocycles. The van der Waals surface area contributed by atoms with Crippen LogP contribution in [0.25, 0.3) is 0 Å². The zero-order valence-corrected chi connectivity index (χ0v) is 12.0. The van der Waals surface area contributed by atoms with Crippen molar-refractivity contribution in [3.63, 3.8) is 0 Å². The summed E-state index contributed by atoms with van der Waals surface area (Å²) in [6.07, 6.45) is 3.02. The summed E-state index contributed by atoms with van der Waals surface area (Å²) in [5, 5.41) is 3.23. The summed E-state index contributed by atoms with van der Waals surface area (Å²) in [7, 11) is 0. The van der Waals surface area contributed by atoms with Crippen LogP contribution >= 0.6 is 11.8 Å². The number of nitrogens with zero attached hydrogens (tertiary/aromatic N) is 2. The highest BCUT2D eigenvalue weighted by molar-refractivity contribution is 7.99. The van der Waals surface area contributed by atoms with Gasteiger partial charge in [-0.1, -0.05) is 0 Å². The van der Waals surface area contributed by atoms with Crippen molar-refractivity contribution in [1.82, 2.24) is 15.1 Å². The molecule has 0 radical (unpaired) electrons. The fraction of sp³-hybridized carbons (Fsp3) is 0.846. The third-order valence-electron chi connectivity index (χ3n) is 4.06. The van der Waals surface area contributed by atoms with Crippen LogP contribution in [0, 0.1) is 5.92 Å². The second kappa shape index (κ2) is 5.71. The number of carbonyl (C=O) groups is 2. The fourth-order valence-corrected chi connectivity index (χ4v) is 3.65. The first kappa shape index (κ1) is 13.2. The average Bonchev–Trinajstić information content (AvgIpc) is 3.18. The number of amides is 2. The van der Waals surface area contributed by atoms with E-state index in [4.69, 9.17) is 0 Å². The Kier molecular flexibility index (Phi) is 3.98. The van der Waals surface area contributed by atoms with Crippen LogP contribution < -0.4 is 5.32 Å². The lowest BCUT2D eigenvalue weighted by Crippen LogP contribution is -2.46. The van der Waals surface area contributed by atoms with Gasteiger partial charge in [0, 0.05) is 43.7 Å². The molecule has 1 N–H and O–H groups in total. The Morgan fingerprint density at radius 3 is 2.26 bits per heavy atom. The van der Waals surface area contributed by atoms with Gasteiger partial charge in [-0.15, -0.1) is 11.8 Å². The maximum absolute atomic E-state index is 12.3. The lowest BCUT2D eigenvalue weighted by Gasteiger charge is -2.24. The second-order valence-corrected chi connectivity index (χ2v) is 6.58. The molecule has 3 fully saturated rings. The molecule has 0 aromatic carbocycles. The summed E-state index contributed by atoms with van der Waals surface area (Å²) in [6, 6.07) is -0.0179. The molecule has 5 nitrogen and oxygen atoms in total. The molecule has 2 aliphatic heterocycles. The summed E-state index contributed by atoms with van der Waals surface area (Å²) in [5.74, 6) is 2.56. The summed E-state index contributed by atoms with van der Waals surface area (Å²) < 4.78 is 0. The van der Waals surface area contributed by atoms with Gasteiger partial charge in [-0.05, 0) is 19.3 Å². The molecular weight excluding hydrogens is 262 g/mol. The van der Waals surface area contributed by atoms with E-state index in [1.54, 1.807) is 11.8 Å². The van der Waals surface area contributed by atoms with Gasteiger partial charge in [-0.3, -0.25) is 14.9 Å². The van der Waals surface area contributed by atoms with Gasteiger partial charge in [0.05, 0.1) is 6.04 Å². The van der Waals surface area contributed by atoms with Gasteiger partial charge in [-0.2, -0.15) is 0 Å². The normalized spacial score (nSPS) is 28.3. The molecule has 19 heavy (non-hydrogen) atoms. The van der Waals surface area contributed by atoms with E-state index in [1.165, 1.54) is 0 Å². The van der Waals surface area contributed by atoms with Gasteiger partial charge >= 0.3 is 0 Å². The van der Waals surface area contributed by atoms with Crippen molar-refractivity contribution in [3.8, 4) is 0 Å². The summed E-state index contributed by atoms with van der Waals surface area (Å²) in [5.41, 5.74) is 0. The van der Waals surface area contributed by atoms with Crippen molar-refractivity contribution < 1.29 is 9.59 Å². The highest BCUT2D eigenvalue weighted by Gasteiger charge is 2.35. The van der Waals surface area contributed by atoms with Crippen molar-refractivity contribution in [2.45, 2.75) is 25.3 Å². The monoisotopic (exact) mass is 283 g/mol. The Morgan fingerprint density at radius 2 is 1.68 bits per heavy atom. The van der Waals surface area contributed by atoms with E-state index < -0.39 is 0 Å². The first-order valence-electron chi connectivity index (χ1n) is 7.14. The standard InChI is InChI=1S/C13H21N3O2S/c17-12(10-2-3-10)15-4-1-5-16(7-6-15)13(18)11-8-19-9-14-11/h10-11,14H,1-9H2. The molecule has 1 saturated carbocycles. The van der Waals surface area contributed by atoms with Crippen LogP contribution in [0.4, 0.5) is 0 Å². The van der Waals surface area contributed by atoms with Gasteiger partial charge in [0.2, 0.25) is 11.8 Å². The number of carbonyl (C=O) groups excluding carboxylic acids is 2. The quantitative estimate of drug-likeness (QED) is 0.782. The molecule has 6 heteroatoms. The SMILES string of the molecule is O=C(C1CC1)N1CCCN(C(=O)C2CSCN2)CC1. The van der Waals surface area contributed by atoms with E-state index in [0.29, 0.717) is 19.0 Å². The summed E-state index contributed by atoms with van der Waals surface area (Å²) in [6.45, 7) is 3.00. The van der Waals surface area contributed by atoms with E-state index in [1.807, 2.05) is 9.80 Å². The molecule has 3 rings (SSSR count). The highest BCUT2D eigenvalue weighted by Crippen LogP contribution is 2.31. The van der Waals surface area contributed by atoms with Crippen LogP contribution in [0.2, 0.25) is 0 Å². The molecule has 3 aliphatic rings. The predicted molar refractivity (Wildman–Crippen MR) is 74.7 cm³/mol. The van der Waals surface area contributed by atoms with Gasteiger partial charge in [0.25, 0.3) is 0 Å². The average molecular weight is 283 g/mol. The fourth-order valence-electron chi connectivity index (χ4n) is 2.72. The molecule has 0 aromatic heterocycles. The van der Waals surface area contributed by atoms with Gasteiger partial charge in [-0.25, -0.2) is 0 Å². The van der Waals surface area contributed by atoms with Gasteiger partial charge in [0.1, 0.15) is 0 Å². The smallest absolute Gasteiger partial charge is 0.240 e. The summed E-state index contributed by atoms with van der Waals surface area (Å²) in [4.78, 5) is 28.3. The van der Waals surface area contributed by atoms with E-state index in [0.717, 1.165) is 44.0 Å². The van der Waals surface area contributed by atoms with E-state index >= 15 is 0 Å². The minimum absolute atomic E-state index is 0.0179. The third kappa shape index (κ3) is 3.05. The Morgan fingerprint density at radius 1 is 1.00 bits per heavy atom. The van der Waals surface area contributed by atoms with E-state index in [-0.39, 0.29) is 17.9 Å². The minimum Gasteiger partial charge on any atom is -0.341 e. The molecule has 1 unspecified atom stereocenters. The zero-order valence-electron chi connectivity index (χ0n) is 11.1. The van der Waals surface area contributed by atoms with Crippen LogP contribution in [0.5, 0.6) is 0 Å². The van der Waals surface area contributed by atoms with Crippen molar-refractivity contribution in [2.24, 2.45) is 5.92 Å². The van der Waals surface area contributed by atoms with Crippen LogP contribution in [-0.4, -0.2) is 65.5 Å². The number of rotatable bonds is 2. The molecule has 0 bridgehead atoms. The Hall–Kier alpha value is -0.750. The maximum atomic E-state index is 12.3. The molecule has 106 valence electrons. The first-order chi connectivity index (χ1) is 9.25. The van der Waals surface area contributed by atoms with Crippen LogP contribution in [0.15, 0.2) is 0 Å². The number of hydrogen-bond donors (Lipinski definition) is 1. The predicted octanol–water partition coefficient (Wildman–Crippen LogP) is 0.120. The Balaban J connectivity index is 1.54. The van der Waals surface area contributed by atoms with Crippen LogP contribution in [-0.2, 0) is 9.59 Å². The van der Waals surface area contributed by atoms with Crippen molar-refractivity contribution in [1.29, 1.82) is 0 Å². The molecular formula is C13H21N3O2S. The zero-order chi connectivity index (χ0) is 13.2. The van der Waals surface area contributed by atoms with E-state index in [9.17, 15) is 9.59 Å². The molecule has 0 spiro atoms. The molecule has 1 aliphatic carbocycles.